The average molecular weight is 277 g/mol. The lowest BCUT2D eigenvalue weighted by Crippen LogP contribution is -2.51. The number of methoxy groups -OCH3 is 1. The lowest BCUT2D eigenvalue weighted by Gasteiger charge is -2.34. The van der Waals surface area contributed by atoms with Crippen molar-refractivity contribution >= 4 is 5.97 Å². The third-order valence-corrected chi connectivity index (χ3v) is 3.92. The Balaban J connectivity index is 3.42. The number of hydrogen-bond donors (Lipinski definition) is 1. The maximum atomic E-state index is 12.4. The van der Waals surface area contributed by atoms with Gasteiger partial charge >= 0.3 is 5.97 Å². The summed E-state index contributed by atoms with van der Waals surface area (Å²) in [6.45, 7) is 12.3. The molecule has 1 N–H and O–H groups in total. The smallest absolute Gasteiger partial charge is 0.330 e. The summed E-state index contributed by atoms with van der Waals surface area (Å²) < 4.78 is 5.05. The first-order chi connectivity index (χ1) is 9.26. The van der Waals surface area contributed by atoms with Crippen LogP contribution in [0, 0.1) is 20.8 Å². The highest BCUT2D eigenvalue weighted by molar-refractivity contribution is 5.83. The van der Waals surface area contributed by atoms with Crippen LogP contribution in [0.3, 0.4) is 0 Å². The van der Waals surface area contributed by atoms with Gasteiger partial charge in [0.25, 0.3) is 0 Å². The quantitative estimate of drug-likeness (QED) is 0.838. The Kier molecular flexibility index (Phi) is 5.35. The number of esters is 1. The molecule has 0 spiro atoms. The van der Waals surface area contributed by atoms with Gasteiger partial charge in [-0.3, -0.25) is 5.32 Å². The van der Waals surface area contributed by atoms with E-state index < -0.39 is 5.54 Å². The molecule has 0 fully saturated rings. The van der Waals surface area contributed by atoms with Crippen molar-refractivity contribution in [3.63, 3.8) is 0 Å². The molecule has 0 heterocycles. The Bertz CT molecular complexity index is 473. The normalized spacial score (nSPS) is 15.6. The van der Waals surface area contributed by atoms with Gasteiger partial charge in [-0.05, 0) is 57.7 Å². The summed E-state index contributed by atoms with van der Waals surface area (Å²) in [6.07, 6.45) is 0.955. The van der Waals surface area contributed by atoms with Gasteiger partial charge in [-0.1, -0.05) is 24.6 Å². The highest BCUT2D eigenvalue weighted by Gasteiger charge is 2.39. The van der Waals surface area contributed by atoms with Crippen molar-refractivity contribution in [1.29, 1.82) is 0 Å². The van der Waals surface area contributed by atoms with Gasteiger partial charge < -0.3 is 4.74 Å². The van der Waals surface area contributed by atoms with Crippen molar-refractivity contribution in [2.75, 3.05) is 7.11 Å². The summed E-state index contributed by atoms with van der Waals surface area (Å²) in [5.74, 6) is -0.243. The van der Waals surface area contributed by atoms with Crippen LogP contribution in [-0.2, 0) is 15.1 Å². The van der Waals surface area contributed by atoms with E-state index in [0.717, 1.165) is 23.1 Å². The highest BCUT2D eigenvalue weighted by atomic mass is 16.5. The minimum Gasteiger partial charge on any atom is -0.467 e. The van der Waals surface area contributed by atoms with Crippen LogP contribution in [0.2, 0.25) is 0 Å². The van der Waals surface area contributed by atoms with Crippen molar-refractivity contribution in [1.82, 2.24) is 5.32 Å². The molecule has 0 bridgehead atoms. The number of aryl methyl sites for hydroxylation is 3. The van der Waals surface area contributed by atoms with E-state index in [9.17, 15) is 4.79 Å². The van der Waals surface area contributed by atoms with Crippen molar-refractivity contribution < 1.29 is 9.53 Å². The van der Waals surface area contributed by atoms with Crippen LogP contribution in [-0.4, -0.2) is 19.1 Å². The molecular weight excluding hydrogens is 250 g/mol. The van der Waals surface area contributed by atoms with Gasteiger partial charge in [0, 0.05) is 6.04 Å². The van der Waals surface area contributed by atoms with E-state index in [0.29, 0.717) is 0 Å². The number of rotatable bonds is 5. The SMILES string of the molecule is CCC(C)NC(C)(C(=O)OC)c1c(C)cc(C)cc1C. The standard InChI is InChI=1S/C17H27NO2/c1-8-14(5)18-17(6,16(19)20-7)15-12(3)9-11(2)10-13(15)4/h9-10,14,18H,8H2,1-7H3. The molecule has 20 heavy (non-hydrogen) atoms. The molecule has 0 amide bonds. The predicted molar refractivity (Wildman–Crippen MR) is 82.9 cm³/mol. The predicted octanol–water partition coefficient (Wildman–Crippen LogP) is 3.39. The molecule has 3 heteroatoms. The molecule has 0 radical (unpaired) electrons. The van der Waals surface area contributed by atoms with Crippen LogP contribution in [0.5, 0.6) is 0 Å². The number of nitrogens with one attached hydrogen (secondary N) is 1. The van der Waals surface area contributed by atoms with Crippen molar-refractivity contribution in [3.05, 3.63) is 34.4 Å². The van der Waals surface area contributed by atoms with Crippen LogP contribution in [0.4, 0.5) is 0 Å². The average Bonchev–Trinajstić information content (AvgIpc) is 2.35. The van der Waals surface area contributed by atoms with Gasteiger partial charge in [0.05, 0.1) is 7.11 Å². The summed E-state index contributed by atoms with van der Waals surface area (Å²) in [5.41, 5.74) is 3.65. The Morgan fingerprint density at radius 3 is 2.20 bits per heavy atom. The lowest BCUT2D eigenvalue weighted by atomic mass is 9.83. The zero-order valence-corrected chi connectivity index (χ0v) is 13.8. The Hall–Kier alpha value is -1.35. The van der Waals surface area contributed by atoms with Crippen LogP contribution in [0.25, 0.3) is 0 Å². The number of carbonyl (C=O) groups excluding carboxylic acids is 1. The van der Waals surface area contributed by atoms with Crippen molar-refractivity contribution in [2.45, 2.75) is 59.5 Å². The van der Waals surface area contributed by atoms with Crippen LogP contribution < -0.4 is 5.32 Å². The Morgan fingerprint density at radius 2 is 1.80 bits per heavy atom. The fourth-order valence-corrected chi connectivity index (χ4v) is 3.00. The summed E-state index contributed by atoms with van der Waals surface area (Å²) in [7, 11) is 1.44. The molecule has 2 unspecified atom stereocenters. The van der Waals surface area contributed by atoms with Crippen LogP contribution in [0.15, 0.2) is 12.1 Å². The van der Waals surface area contributed by atoms with E-state index in [2.05, 4.69) is 52.1 Å². The minimum absolute atomic E-state index is 0.235. The van der Waals surface area contributed by atoms with E-state index in [1.807, 2.05) is 6.92 Å². The van der Waals surface area contributed by atoms with Gasteiger partial charge in [0.1, 0.15) is 5.54 Å². The third kappa shape index (κ3) is 3.21. The van der Waals surface area contributed by atoms with Gasteiger partial charge in [-0.2, -0.15) is 0 Å². The number of benzene rings is 1. The molecule has 0 aliphatic heterocycles. The molecule has 0 saturated heterocycles. The van der Waals surface area contributed by atoms with Gasteiger partial charge in [-0.15, -0.1) is 0 Å². The molecule has 3 nitrogen and oxygen atoms in total. The first kappa shape index (κ1) is 16.7. The molecule has 1 rings (SSSR count). The molecule has 112 valence electrons. The first-order valence-electron chi connectivity index (χ1n) is 7.20. The number of carbonyl (C=O) groups is 1. The van der Waals surface area contributed by atoms with Crippen LogP contribution >= 0.6 is 0 Å². The molecule has 2 atom stereocenters. The minimum atomic E-state index is -0.813. The Labute approximate surface area is 122 Å². The molecule has 0 aromatic heterocycles. The zero-order valence-electron chi connectivity index (χ0n) is 13.8. The van der Waals surface area contributed by atoms with Crippen molar-refractivity contribution in [3.8, 4) is 0 Å². The molecule has 1 aromatic rings. The fraction of sp³-hybridized carbons (Fsp3) is 0.588. The topological polar surface area (TPSA) is 38.3 Å². The van der Waals surface area contributed by atoms with E-state index in [1.165, 1.54) is 12.7 Å². The second kappa shape index (κ2) is 6.40. The first-order valence-corrected chi connectivity index (χ1v) is 7.20. The monoisotopic (exact) mass is 277 g/mol. The maximum absolute atomic E-state index is 12.4. The van der Waals surface area contributed by atoms with Crippen LogP contribution in [0.1, 0.15) is 49.4 Å². The second-order valence-corrected chi connectivity index (χ2v) is 5.84. The fourth-order valence-electron chi connectivity index (χ4n) is 3.00. The summed E-state index contributed by atoms with van der Waals surface area (Å²) >= 11 is 0. The summed E-state index contributed by atoms with van der Waals surface area (Å²) in [4.78, 5) is 12.4. The van der Waals surface area contributed by atoms with Gasteiger partial charge in [0.2, 0.25) is 0 Å². The van der Waals surface area contributed by atoms with Crippen molar-refractivity contribution in [2.24, 2.45) is 0 Å². The Morgan fingerprint density at radius 1 is 1.30 bits per heavy atom. The second-order valence-electron chi connectivity index (χ2n) is 5.84. The number of hydrogen-bond acceptors (Lipinski definition) is 3. The largest absolute Gasteiger partial charge is 0.467 e. The van der Waals surface area contributed by atoms with E-state index in [-0.39, 0.29) is 12.0 Å². The highest BCUT2D eigenvalue weighted by Crippen LogP contribution is 2.30. The van der Waals surface area contributed by atoms with E-state index in [4.69, 9.17) is 4.74 Å². The van der Waals surface area contributed by atoms with Gasteiger partial charge in [-0.25, -0.2) is 4.79 Å². The van der Waals surface area contributed by atoms with Gasteiger partial charge in [0.15, 0.2) is 0 Å². The molecule has 1 aromatic carbocycles. The molecule has 0 aliphatic rings. The van der Waals surface area contributed by atoms with E-state index in [1.54, 1.807) is 0 Å². The van der Waals surface area contributed by atoms with E-state index >= 15 is 0 Å². The molecule has 0 aliphatic carbocycles. The molecule has 0 saturated carbocycles. The molecular formula is C17H27NO2. The number of ether oxygens (including phenoxy) is 1. The maximum Gasteiger partial charge on any atom is 0.330 e. The lowest BCUT2D eigenvalue weighted by molar-refractivity contribution is -0.148. The third-order valence-electron chi connectivity index (χ3n) is 3.92. The summed E-state index contributed by atoms with van der Waals surface area (Å²) in [5, 5.41) is 3.44. The summed E-state index contributed by atoms with van der Waals surface area (Å²) in [6, 6.07) is 4.46. The zero-order chi connectivity index (χ0) is 15.5.